The van der Waals surface area contributed by atoms with E-state index in [2.05, 4.69) is 5.32 Å². The van der Waals surface area contributed by atoms with Gasteiger partial charge in [0.25, 0.3) is 10.0 Å². The van der Waals surface area contributed by atoms with Crippen molar-refractivity contribution >= 4 is 33.2 Å². The van der Waals surface area contributed by atoms with Crippen LogP contribution in [-0.2, 0) is 25.7 Å². The molecule has 0 aliphatic carbocycles. The van der Waals surface area contributed by atoms with E-state index in [0.29, 0.717) is 17.0 Å². The number of carbonyl (C=O) groups is 1. The minimum atomic E-state index is -4.72. The Morgan fingerprint density at radius 3 is 2.52 bits per heavy atom. The predicted octanol–water partition coefficient (Wildman–Crippen LogP) is 3.85. The number of benzene rings is 2. The van der Waals surface area contributed by atoms with Gasteiger partial charge in [-0.15, -0.1) is 0 Å². The second-order valence-corrected chi connectivity index (χ2v) is 9.20. The number of ether oxygens (including phenoxy) is 1. The van der Waals surface area contributed by atoms with Crippen LogP contribution in [0.3, 0.4) is 0 Å². The van der Waals surface area contributed by atoms with Gasteiger partial charge in [0.2, 0.25) is 5.91 Å². The smallest absolute Gasteiger partial charge is 0.376 e. The molecule has 1 aliphatic rings. The van der Waals surface area contributed by atoms with Crippen LogP contribution in [0.5, 0.6) is 0 Å². The van der Waals surface area contributed by atoms with Crippen LogP contribution in [0.25, 0.3) is 0 Å². The van der Waals surface area contributed by atoms with E-state index in [4.69, 9.17) is 16.3 Å². The summed E-state index contributed by atoms with van der Waals surface area (Å²) in [7, 11) is -4.38. The molecule has 0 radical (unpaired) electrons. The van der Waals surface area contributed by atoms with Gasteiger partial charge in [0.1, 0.15) is 6.54 Å². The zero-order valence-electron chi connectivity index (χ0n) is 16.2. The molecule has 2 aromatic rings. The fourth-order valence-corrected chi connectivity index (χ4v) is 4.84. The minimum Gasteiger partial charge on any atom is -0.376 e. The van der Waals surface area contributed by atoms with E-state index >= 15 is 0 Å². The van der Waals surface area contributed by atoms with Crippen molar-refractivity contribution in [1.29, 1.82) is 0 Å². The summed E-state index contributed by atoms with van der Waals surface area (Å²) in [4.78, 5) is 12.3. The second kappa shape index (κ2) is 9.46. The Hall–Kier alpha value is -2.30. The summed E-state index contributed by atoms with van der Waals surface area (Å²) in [6.45, 7) is 0.00818. The van der Waals surface area contributed by atoms with E-state index in [1.54, 1.807) is 6.07 Å². The SMILES string of the molecule is O=C(CN(c1cc(C(F)(F)F)ccc1Cl)S(=O)(=O)c1ccccc1)NC[C@H]1CCCO1. The third kappa shape index (κ3) is 5.69. The first kappa shape index (κ1) is 23.4. The molecule has 1 heterocycles. The summed E-state index contributed by atoms with van der Waals surface area (Å²) in [5.41, 5.74) is -1.52. The quantitative estimate of drug-likeness (QED) is 0.658. The van der Waals surface area contributed by atoms with Crippen molar-refractivity contribution in [3.63, 3.8) is 0 Å². The lowest BCUT2D eigenvalue weighted by atomic mass is 10.2. The zero-order chi connectivity index (χ0) is 22.6. The molecule has 0 spiro atoms. The molecule has 1 fully saturated rings. The summed E-state index contributed by atoms with van der Waals surface area (Å²) in [6.07, 6.45) is -3.29. The van der Waals surface area contributed by atoms with Gasteiger partial charge >= 0.3 is 6.18 Å². The van der Waals surface area contributed by atoms with Gasteiger partial charge in [0.15, 0.2) is 0 Å². The molecule has 2 aromatic carbocycles. The number of halogens is 4. The van der Waals surface area contributed by atoms with Gasteiger partial charge in [-0.25, -0.2) is 8.42 Å². The number of carbonyl (C=O) groups excluding carboxylic acids is 1. The van der Waals surface area contributed by atoms with Crippen molar-refractivity contribution in [1.82, 2.24) is 5.32 Å². The normalized spacial score (nSPS) is 16.8. The van der Waals surface area contributed by atoms with E-state index in [1.165, 1.54) is 24.3 Å². The van der Waals surface area contributed by atoms with Crippen molar-refractivity contribution in [2.24, 2.45) is 0 Å². The maximum atomic E-state index is 13.2. The number of sulfonamides is 1. The van der Waals surface area contributed by atoms with Crippen LogP contribution < -0.4 is 9.62 Å². The average Bonchev–Trinajstić information content (AvgIpc) is 3.24. The van der Waals surface area contributed by atoms with Gasteiger partial charge in [0.05, 0.1) is 27.3 Å². The molecule has 1 aliphatic heterocycles. The fraction of sp³-hybridized carbons (Fsp3) is 0.350. The molecule has 0 saturated carbocycles. The number of amides is 1. The van der Waals surface area contributed by atoms with Crippen LogP contribution in [-0.4, -0.2) is 40.1 Å². The number of alkyl halides is 3. The first-order chi connectivity index (χ1) is 14.6. The molecule has 1 N–H and O–H groups in total. The first-order valence-corrected chi connectivity index (χ1v) is 11.2. The van der Waals surface area contributed by atoms with Crippen LogP contribution in [0.2, 0.25) is 5.02 Å². The Bertz CT molecular complexity index is 1030. The second-order valence-electron chi connectivity index (χ2n) is 6.93. The predicted molar refractivity (Wildman–Crippen MR) is 109 cm³/mol. The van der Waals surface area contributed by atoms with Gasteiger partial charge in [-0.3, -0.25) is 9.10 Å². The third-order valence-corrected chi connectivity index (χ3v) is 6.81. The Balaban J connectivity index is 1.96. The van der Waals surface area contributed by atoms with E-state index in [1.807, 2.05) is 0 Å². The lowest BCUT2D eigenvalue weighted by molar-refractivity contribution is -0.137. The minimum absolute atomic E-state index is 0.175. The van der Waals surface area contributed by atoms with Crippen molar-refractivity contribution in [3.05, 3.63) is 59.1 Å². The largest absolute Gasteiger partial charge is 0.416 e. The molecule has 1 amide bonds. The number of anilines is 1. The summed E-state index contributed by atoms with van der Waals surface area (Å²) >= 11 is 6.07. The van der Waals surface area contributed by atoms with Crippen LogP contribution in [0.1, 0.15) is 18.4 Å². The van der Waals surface area contributed by atoms with Crippen LogP contribution in [0, 0.1) is 0 Å². The molecule has 31 heavy (non-hydrogen) atoms. The van der Waals surface area contributed by atoms with Crippen LogP contribution in [0.4, 0.5) is 18.9 Å². The molecule has 0 unspecified atom stereocenters. The Morgan fingerprint density at radius 1 is 1.19 bits per heavy atom. The highest BCUT2D eigenvalue weighted by Crippen LogP contribution is 2.37. The molecule has 1 saturated heterocycles. The highest BCUT2D eigenvalue weighted by atomic mass is 35.5. The summed E-state index contributed by atoms with van der Waals surface area (Å²) in [6, 6.07) is 9.42. The van der Waals surface area contributed by atoms with Crippen LogP contribution >= 0.6 is 11.6 Å². The molecule has 1 atom stereocenters. The maximum absolute atomic E-state index is 13.2. The van der Waals surface area contributed by atoms with Gasteiger partial charge in [0, 0.05) is 13.2 Å². The lowest BCUT2D eigenvalue weighted by Gasteiger charge is -2.26. The average molecular weight is 477 g/mol. The Kier molecular flexibility index (Phi) is 7.13. The Labute approximate surface area is 183 Å². The number of nitrogens with one attached hydrogen (secondary N) is 1. The summed E-state index contributed by atoms with van der Waals surface area (Å²) in [5, 5.41) is 2.34. The molecule has 168 valence electrons. The Morgan fingerprint density at radius 2 is 1.90 bits per heavy atom. The number of nitrogens with zero attached hydrogens (tertiary/aromatic N) is 1. The summed E-state index contributed by atoms with van der Waals surface area (Å²) in [5.74, 6) is -0.691. The van der Waals surface area contributed by atoms with E-state index < -0.39 is 39.9 Å². The molecule has 3 rings (SSSR count). The van der Waals surface area contributed by atoms with Crippen molar-refractivity contribution in [2.45, 2.75) is 30.0 Å². The highest BCUT2D eigenvalue weighted by molar-refractivity contribution is 7.92. The van der Waals surface area contributed by atoms with Crippen molar-refractivity contribution in [2.75, 3.05) is 24.0 Å². The highest BCUT2D eigenvalue weighted by Gasteiger charge is 2.34. The molecular formula is C20H20ClF3N2O4S. The van der Waals surface area contributed by atoms with Crippen molar-refractivity contribution in [3.8, 4) is 0 Å². The van der Waals surface area contributed by atoms with Gasteiger partial charge in [-0.05, 0) is 43.2 Å². The first-order valence-electron chi connectivity index (χ1n) is 9.42. The van der Waals surface area contributed by atoms with Crippen LogP contribution in [0.15, 0.2) is 53.4 Å². The zero-order valence-corrected chi connectivity index (χ0v) is 17.8. The topological polar surface area (TPSA) is 75.7 Å². The molecule has 0 aromatic heterocycles. The van der Waals surface area contributed by atoms with Gasteiger partial charge in [-0.1, -0.05) is 29.8 Å². The molecule has 11 heteroatoms. The van der Waals surface area contributed by atoms with E-state index in [-0.39, 0.29) is 22.6 Å². The van der Waals surface area contributed by atoms with Gasteiger partial charge < -0.3 is 10.1 Å². The monoisotopic (exact) mass is 476 g/mol. The van der Waals surface area contributed by atoms with Crippen molar-refractivity contribution < 1.29 is 31.1 Å². The number of rotatable bonds is 7. The number of hydrogen-bond donors (Lipinski definition) is 1. The number of hydrogen-bond acceptors (Lipinski definition) is 4. The van der Waals surface area contributed by atoms with Gasteiger partial charge in [-0.2, -0.15) is 13.2 Å². The van der Waals surface area contributed by atoms with E-state index in [9.17, 15) is 26.4 Å². The summed E-state index contributed by atoms with van der Waals surface area (Å²) < 4.78 is 72.1. The van der Waals surface area contributed by atoms with E-state index in [0.717, 1.165) is 25.0 Å². The third-order valence-electron chi connectivity index (χ3n) is 4.71. The molecular weight excluding hydrogens is 457 g/mol. The maximum Gasteiger partial charge on any atom is 0.416 e. The molecule has 0 bridgehead atoms. The molecule has 6 nitrogen and oxygen atoms in total. The lowest BCUT2D eigenvalue weighted by Crippen LogP contribution is -2.43. The standard InChI is InChI=1S/C20H20ClF3N2O4S/c21-17-9-8-14(20(22,23)24)11-18(17)26(31(28,29)16-6-2-1-3-7-16)13-19(27)25-12-15-5-4-10-30-15/h1-3,6-9,11,15H,4-5,10,12-13H2,(H,25,27)/t15-/m1/s1. The fourth-order valence-electron chi connectivity index (χ4n) is 3.12.